The zero-order valence-corrected chi connectivity index (χ0v) is 13.4. The molecule has 2 aliphatic rings. The summed E-state index contributed by atoms with van der Waals surface area (Å²) in [5.41, 5.74) is 0.0578. The molecule has 0 aromatic carbocycles. The zero-order valence-electron chi connectivity index (χ0n) is 13.4. The van der Waals surface area contributed by atoms with E-state index < -0.39 is 11.2 Å². The second-order valence-electron chi connectivity index (χ2n) is 7.36. The van der Waals surface area contributed by atoms with Crippen LogP contribution < -0.4 is 0 Å². The van der Waals surface area contributed by atoms with E-state index in [0.29, 0.717) is 13.1 Å². The van der Waals surface area contributed by atoms with Gasteiger partial charge in [0, 0.05) is 32.0 Å². The number of nitrogens with zero attached hydrogens (tertiary/aromatic N) is 2. The van der Waals surface area contributed by atoms with Crippen molar-refractivity contribution in [2.45, 2.75) is 69.1 Å². The number of aliphatic hydroxyl groups is 2. The minimum absolute atomic E-state index is 0.567. The highest BCUT2D eigenvalue weighted by Crippen LogP contribution is 2.34. The first-order valence-electron chi connectivity index (χ1n) is 8.63. The van der Waals surface area contributed by atoms with Gasteiger partial charge in [-0.3, -0.25) is 9.88 Å². The van der Waals surface area contributed by atoms with Crippen molar-refractivity contribution in [2.75, 3.05) is 13.1 Å². The third-order valence-electron chi connectivity index (χ3n) is 5.26. The lowest BCUT2D eigenvalue weighted by Crippen LogP contribution is -2.47. The van der Waals surface area contributed by atoms with Crippen molar-refractivity contribution in [2.24, 2.45) is 0 Å². The van der Waals surface area contributed by atoms with Gasteiger partial charge in [-0.05, 0) is 43.4 Å². The molecule has 2 saturated carbocycles. The summed E-state index contributed by atoms with van der Waals surface area (Å²) in [4.78, 5) is 6.33. The van der Waals surface area contributed by atoms with Gasteiger partial charge in [0.1, 0.15) is 0 Å². The van der Waals surface area contributed by atoms with E-state index in [-0.39, 0.29) is 0 Å². The first kappa shape index (κ1) is 15.9. The summed E-state index contributed by atoms with van der Waals surface area (Å²) in [6.07, 6.45) is 11.6. The van der Waals surface area contributed by atoms with Crippen molar-refractivity contribution in [3.8, 4) is 0 Å². The largest absolute Gasteiger partial charge is 0.389 e. The van der Waals surface area contributed by atoms with Crippen molar-refractivity contribution in [1.29, 1.82) is 0 Å². The molecule has 4 nitrogen and oxygen atoms in total. The van der Waals surface area contributed by atoms with Crippen LogP contribution in [0.3, 0.4) is 0 Å². The lowest BCUT2D eigenvalue weighted by Gasteiger charge is -2.36. The molecule has 0 radical (unpaired) electrons. The van der Waals surface area contributed by atoms with Crippen LogP contribution in [0, 0.1) is 0 Å². The summed E-state index contributed by atoms with van der Waals surface area (Å²) >= 11 is 0. The van der Waals surface area contributed by atoms with Gasteiger partial charge in [-0.1, -0.05) is 25.7 Å². The van der Waals surface area contributed by atoms with Crippen LogP contribution in [0.15, 0.2) is 24.5 Å². The number of hydrogen-bond acceptors (Lipinski definition) is 4. The maximum Gasteiger partial charge on any atom is 0.0774 e. The van der Waals surface area contributed by atoms with Crippen molar-refractivity contribution < 1.29 is 10.2 Å². The number of pyridine rings is 1. The molecule has 0 saturated heterocycles. The SMILES string of the molecule is OC1(CN(Cc2ccncc2)CC2(O)CCCC2)CCCC1. The molecular formula is C18H28N2O2. The van der Waals surface area contributed by atoms with Gasteiger partial charge in [-0.25, -0.2) is 0 Å². The number of rotatable bonds is 6. The second-order valence-corrected chi connectivity index (χ2v) is 7.36. The fraction of sp³-hybridized carbons (Fsp3) is 0.722. The van der Waals surface area contributed by atoms with Crippen LogP contribution in [-0.4, -0.2) is 44.4 Å². The van der Waals surface area contributed by atoms with E-state index in [0.717, 1.165) is 57.9 Å². The molecule has 4 heteroatoms. The molecule has 0 atom stereocenters. The van der Waals surface area contributed by atoms with E-state index in [4.69, 9.17) is 0 Å². The molecule has 2 fully saturated rings. The number of aromatic nitrogens is 1. The van der Waals surface area contributed by atoms with Gasteiger partial charge < -0.3 is 10.2 Å². The van der Waals surface area contributed by atoms with Crippen LogP contribution in [0.4, 0.5) is 0 Å². The Labute approximate surface area is 133 Å². The molecule has 1 aromatic rings. The molecule has 0 unspecified atom stereocenters. The normalized spacial score (nSPS) is 23.2. The van der Waals surface area contributed by atoms with E-state index in [1.54, 1.807) is 0 Å². The van der Waals surface area contributed by atoms with E-state index in [9.17, 15) is 10.2 Å². The third kappa shape index (κ3) is 4.06. The molecule has 0 amide bonds. The average molecular weight is 304 g/mol. The summed E-state index contributed by atoms with van der Waals surface area (Å²) in [5.74, 6) is 0. The van der Waals surface area contributed by atoms with E-state index in [1.807, 2.05) is 24.5 Å². The van der Waals surface area contributed by atoms with Crippen molar-refractivity contribution in [1.82, 2.24) is 9.88 Å². The Morgan fingerprint density at radius 2 is 1.32 bits per heavy atom. The Kier molecular flexibility index (Phi) is 4.81. The molecule has 0 aliphatic heterocycles. The third-order valence-corrected chi connectivity index (χ3v) is 5.26. The van der Waals surface area contributed by atoms with Crippen LogP contribution in [0.1, 0.15) is 56.9 Å². The Morgan fingerprint density at radius 1 is 0.864 bits per heavy atom. The van der Waals surface area contributed by atoms with Crippen LogP contribution in [0.5, 0.6) is 0 Å². The zero-order chi connectivity index (χ0) is 15.5. The minimum atomic E-state index is -0.567. The fourth-order valence-corrected chi connectivity index (χ4v) is 4.13. The summed E-state index contributed by atoms with van der Waals surface area (Å²) in [6, 6.07) is 4.04. The maximum atomic E-state index is 10.8. The summed E-state index contributed by atoms with van der Waals surface area (Å²) in [7, 11) is 0. The molecule has 2 aliphatic carbocycles. The topological polar surface area (TPSA) is 56.6 Å². The van der Waals surface area contributed by atoms with Crippen molar-refractivity contribution in [3.05, 3.63) is 30.1 Å². The highest BCUT2D eigenvalue weighted by Gasteiger charge is 2.37. The van der Waals surface area contributed by atoms with E-state index >= 15 is 0 Å². The Morgan fingerprint density at radius 3 is 1.77 bits per heavy atom. The van der Waals surface area contributed by atoms with Crippen LogP contribution >= 0.6 is 0 Å². The summed E-state index contributed by atoms with van der Waals surface area (Å²) in [6.45, 7) is 2.10. The quantitative estimate of drug-likeness (QED) is 0.848. The van der Waals surface area contributed by atoms with Crippen LogP contribution in [-0.2, 0) is 6.54 Å². The van der Waals surface area contributed by atoms with Gasteiger partial charge in [0.25, 0.3) is 0 Å². The molecule has 22 heavy (non-hydrogen) atoms. The van der Waals surface area contributed by atoms with Gasteiger partial charge in [-0.15, -0.1) is 0 Å². The second kappa shape index (κ2) is 6.65. The standard InChI is InChI=1S/C18H28N2O2/c21-17(7-1-2-8-17)14-20(13-16-5-11-19-12-6-16)15-18(22)9-3-4-10-18/h5-6,11-12,21-22H,1-4,7-10,13-15H2. The molecule has 122 valence electrons. The summed E-state index contributed by atoms with van der Waals surface area (Å²) < 4.78 is 0. The Bertz CT molecular complexity index is 441. The first-order chi connectivity index (χ1) is 10.6. The number of hydrogen-bond donors (Lipinski definition) is 2. The van der Waals surface area contributed by atoms with Gasteiger partial charge in [0.2, 0.25) is 0 Å². The van der Waals surface area contributed by atoms with Crippen LogP contribution in [0.2, 0.25) is 0 Å². The van der Waals surface area contributed by atoms with E-state index in [2.05, 4.69) is 9.88 Å². The van der Waals surface area contributed by atoms with E-state index in [1.165, 1.54) is 5.56 Å². The lowest BCUT2D eigenvalue weighted by molar-refractivity contribution is -0.0359. The highest BCUT2D eigenvalue weighted by atomic mass is 16.3. The van der Waals surface area contributed by atoms with Gasteiger partial charge in [0.05, 0.1) is 11.2 Å². The fourth-order valence-electron chi connectivity index (χ4n) is 4.13. The maximum absolute atomic E-state index is 10.8. The molecule has 0 spiro atoms. The van der Waals surface area contributed by atoms with Gasteiger partial charge >= 0.3 is 0 Å². The van der Waals surface area contributed by atoms with Crippen LogP contribution in [0.25, 0.3) is 0 Å². The van der Waals surface area contributed by atoms with Crippen molar-refractivity contribution in [3.63, 3.8) is 0 Å². The smallest absolute Gasteiger partial charge is 0.0774 e. The molecule has 1 aromatic heterocycles. The Balaban J connectivity index is 1.69. The van der Waals surface area contributed by atoms with Crippen molar-refractivity contribution >= 4 is 0 Å². The predicted molar refractivity (Wildman–Crippen MR) is 86.3 cm³/mol. The Hall–Kier alpha value is -0.970. The minimum Gasteiger partial charge on any atom is -0.389 e. The lowest BCUT2D eigenvalue weighted by atomic mass is 9.97. The average Bonchev–Trinajstić information content (AvgIpc) is 3.09. The highest BCUT2D eigenvalue weighted by molar-refractivity contribution is 5.10. The summed E-state index contributed by atoms with van der Waals surface area (Å²) in [5, 5.41) is 21.5. The predicted octanol–water partition coefficient (Wildman–Crippen LogP) is 2.49. The molecular weight excluding hydrogens is 276 g/mol. The molecule has 0 bridgehead atoms. The molecule has 2 N–H and O–H groups in total. The monoisotopic (exact) mass is 304 g/mol. The first-order valence-corrected chi connectivity index (χ1v) is 8.63. The van der Waals surface area contributed by atoms with Gasteiger partial charge in [-0.2, -0.15) is 0 Å². The molecule has 1 heterocycles. The van der Waals surface area contributed by atoms with Gasteiger partial charge in [0.15, 0.2) is 0 Å². The molecule has 3 rings (SSSR count).